The number of carbonyl (C=O) groups excluding carboxylic acids is 1. The van der Waals surface area contributed by atoms with Gasteiger partial charge in [-0.2, -0.15) is 0 Å². The lowest BCUT2D eigenvalue weighted by Crippen LogP contribution is -2.51. The summed E-state index contributed by atoms with van der Waals surface area (Å²) in [5.41, 5.74) is 2.46. The van der Waals surface area contributed by atoms with Gasteiger partial charge in [0.05, 0.1) is 6.54 Å². The summed E-state index contributed by atoms with van der Waals surface area (Å²) >= 11 is 0. The van der Waals surface area contributed by atoms with E-state index in [1.54, 1.807) is 0 Å². The zero-order chi connectivity index (χ0) is 14.5. The second-order valence-electron chi connectivity index (χ2n) is 5.77. The summed E-state index contributed by atoms with van der Waals surface area (Å²) in [5.74, 6) is 0.197. The van der Waals surface area contributed by atoms with Crippen molar-refractivity contribution >= 4 is 5.91 Å². The van der Waals surface area contributed by atoms with Crippen LogP contribution >= 0.6 is 0 Å². The molecule has 1 aliphatic heterocycles. The summed E-state index contributed by atoms with van der Waals surface area (Å²) in [6.07, 6.45) is 0. The molecule has 1 aromatic rings. The molecule has 2 rings (SSSR count). The third kappa shape index (κ3) is 4.05. The van der Waals surface area contributed by atoms with Crippen LogP contribution in [0.3, 0.4) is 0 Å². The number of likely N-dealkylation sites (N-methyl/N-ethyl adjacent to an activating group) is 1. The standard InChI is InChI=1S/C16H25N3O/c1-13-6-4-5-7-15(13)11-18(3)16(20)12-19-9-8-17-14(2)10-19/h4-7,14,17H,8-12H2,1-3H3. The summed E-state index contributed by atoms with van der Waals surface area (Å²) in [6, 6.07) is 8.71. The molecule has 110 valence electrons. The Kier molecular flexibility index (Phi) is 5.15. The number of carbonyl (C=O) groups is 1. The van der Waals surface area contributed by atoms with E-state index in [4.69, 9.17) is 0 Å². The Morgan fingerprint density at radius 3 is 2.90 bits per heavy atom. The lowest BCUT2D eigenvalue weighted by atomic mass is 10.1. The second-order valence-corrected chi connectivity index (χ2v) is 5.77. The highest BCUT2D eigenvalue weighted by molar-refractivity contribution is 5.78. The SMILES string of the molecule is Cc1ccccc1CN(C)C(=O)CN1CCNC(C)C1. The highest BCUT2D eigenvalue weighted by Crippen LogP contribution is 2.10. The van der Waals surface area contributed by atoms with E-state index in [2.05, 4.69) is 36.2 Å². The van der Waals surface area contributed by atoms with Crippen molar-refractivity contribution in [1.29, 1.82) is 0 Å². The Bertz CT molecular complexity index is 461. The summed E-state index contributed by atoms with van der Waals surface area (Å²) in [7, 11) is 1.89. The fourth-order valence-electron chi connectivity index (χ4n) is 2.60. The van der Waals surface area contributed by atoms with Crippen LogP contribution in [-0.2, 0) is 11.3 Å². The largest absolute Gasteiger partial charge is 0.340 e. The molecule has 4 nitrogen and oxygen atoms in total. The number of amides is 1. The van der Waals surface area contributed by atoms with Crippen molar-refractivity contribution in [3.05, 3.63) is 35.4 Å². The molecular weight excluding hydrogens is 250 g/mol. The predicted octanol–water partition coefficient (Wildman–Crippen LogP) is 1.25. The molecule has 0 aliphatic carbocycles. The van der Waals surface area contributed by atoms with Gasteiger partial charge in [0.25, 0.3) is 0 Å². The quantitative estimate of drug-likeness (QED) is 0.898. The van der Waals surface area contributed by atoms with Gasteiger partial charge in [-0.3, -0.25) is 9.69 Å². The van der Waals surface area contributed by atoms with Crippen LogP contribution < -0.4 is 5.32 Å². The molecule has 0 bridgehead atoms. The van der Waals surface area contributed by atoms with Crippen LogP contribution in [0.1, 0.15) is 18.1 Å². The van der Waals surface area contributed by atoms with Gasteiger partial charge >= 0.3 is 0 Å². The van der Waals surface area contributed by atoms with E-state index < -0.39 is 0 Å². The van der Waals surface area contributed by atoms with Crippen LogP contribution in [0.25, 0.3) is 0 Å². The fraction of sp³-hybridized carbons (Fsp3) is 0.562. The monoisotopic (exact) mass is 275 g/mol. The first-order chi connectivity index (χ1) is 9.56. The first-order valence-electron chi connectivity index (χ1n) is 7.30. The van der Waals surface area contributed by atoms with Crippen LogP contribution in [0.15, 0.2) is 24.3 Å². The highest BCUT2D eigenvalue weighted by Gasteiger charge is 2.19. The summed E-state index contributed by atoms with van der Waals surface area (Å²) < 4.78 is 0. The van der Waals surface area contributed by atoms with Crippen molar-refractivity contribution in [1.82, 2.24) is 15.1 Å². The van der Waals surface area contributed by atoms with E-state index in [0.717, 1.165) is 19.6 Å². The predicted molar refractivity (Wildman–Crippen MR) is 81.6 cm³/mol. The molecule has 20 heavy (non-hydrogen) atoms. The fourth-order valence-corrected chi connectivity index (χ4v) is 2.60. The average molecular weight is 275 g/mol. The molecule has 0 aromatic heterocycles. The van der Waals surface area contributed by atoms with Crippen molar-refractivity contribution < 1.29 is 4.79 Å². The van der Waals surface area contributed by atoms with Crippen molar-refractivity contribution in [2.24, 2.45) is 0 Å². The van der Waals surface area contributed by atoms with Crippen LogP contribution in [0.5, 0.6) is 0 Å². The molecule has 0 radical (unpaired) electrons. The minimum atomic E-state index is 0.197. The van der Waals surface area contributed by atoms with Crippen LogP contribution in [0, 0.1) is 6.92 Å². The molecule has 1 atom stereocenters. The molecule has 1 unspecified atom stereocenters. The summed E-state index contributed by atoms with van der Waals surface area (Å²) in [5, 5.41) is 3.40. The number of hydrogen-bond acceptors (Lipinski definition) is 3. The van der Waals surface area contributed by atoms with Gasteiger partial charge in [0.2, 0.25) is 5.91 Å². The molecule has 4 heteroatoms. The Labute approximate surface area is 121 Å². The van der Waals surface area contributed by atoms with Gasteiger partial charge in [0.1, 0.15) is 0 Å². The Morgan fingerprint density at radius 2 is 2.20 bits per heavy atom. The molecule has 1 amide bonds. The first kappa shape index (κ1) is 15.0. The smallest absolute Gasteiger partial charge is 0.236 e. The van der Waals surface area contributed by atoms with Gasteiger partial charge in [-0.05, 0) is 25.0 Å². The topological polar surface area (TPSA) is 35.6 Å². The third-order valence-electron chi connectivity index (χ3n) is 3.91. The number of hydrogen-bond donors (Lipinski definition) is 1. The molecule has 1 saturated heterocycles. The maximum absolute atomic E-state index is 12.3. The van der Waals surface area contributed by atoms with Crippen LogP contribution in [0.2, 0.25) is 0 Å². The summed E-state index contributed by atoms with van der Waals surface area (Å²) in [6.45, 7) is 8.33. The zero-order valence-corrected chi connectivity index (χ0v) is 12.7. The summed E-state index contributed by atoms with van der Waals surface area (Å²) in [4.78, 5) is 16.4. The maximum atomic E-state index is 12.3. The van der Waals surface area contributed by atoms with E-state index in [1.807, 2.05) is 24.1 Å². The number of nitrogens with zero attached hydrogens (tertiary/aromatic N) is 2. The normalized spacial score (nSPS) is 19.9. The van der Waals surface area contributed by atoms with Gasteiger partial charge in [-0.25, -0.2) is 0 Å². The van der Waals surface area contributed by atoms with Gasteiger partial charge in [-0.1, -0.05) is 24.3 Å². The Morgan fingerprint density at radius 1 is 1.45 bits per heavy atom. The maximum Gasteiger partial charge on any atom is 0.236 e. The number of piperazine rings is 1. The van der Waals surface area contributed by atoms with E-state index in [9.17, 15) is 4.79 Å². The molecule has 0 spiro atoms. The minimum Gasteiger partial charge on any atom is -0.340 e. The first-order valence-corrected chi connectivity index (χ1v) is 7.30. The van der Waals surface area contributed by atoms with Gasteiger partial charge in [0, 0.05) is 39.3 Å². The number of aryl methyl sites for hydroxylation is 1. The molecule has 1 aliphatic rings. The lowest BCUT2D eigenvalue weighted by Gasteiger charge is -2.32. The molecule has 1 heterocycles. The van der Waals surface area contributed by atoms with Gasteiger partial charge in [-0.15, -0.1) is 0 Å². The third-order valence-corrected chi connectivity index (χ3v) is 3.91. The van der Waals surface area contributed by atoms with E-state index >= 15 is 0 Å². The van der Waals surface area contributed by atoms with Crippen molar-refractivity contribution in [3.8, 4) is 0 Å². The number of rotatable bonds is 4. The zero-order valence-electron chi connectivity index (χ0n) is 12.7. The number of nitrogens with one attached hydrogen (secondary N) is 1. The number of benzene rings is 1. The molecular formula is C16H25N3O. The highest BCUT2D eigenvalue weighted by atomic mass is 16.2. The van der Waals surface area contributed by atoms with Gasteiger partial charge < -0.3 is 10.2 Å². The lowest BCUT2D eigenvalue weighted by molar-refractivity contribution is -0.131. The van der Waals surface area contributed by atoms with E-state index in [1.165, 1.54) is 11.1 Å². The second kappa shape index (κ2) is 6.86. The van der Waals surface area contributed by atoms with E-state index in [0.29, 0.717) is 19.1 Å². The molecule has 1 N–H and O–H groups in total. The van der Waals surface area contributed by atoms with Crippen molar-refractivity contribution in [2.45, 2.75) is 26.4 Å². The van der Waals surface area contributed by atoms with Crippen molar-refractivity contribution in [3.63, 3.8) is 0 Å². The molecule has 1 aromatic carbocycles. The average Bonchev–Trinajstić information content (AvgIpc) is 2.41. The van der Waals surface area contributed by atoms with Crippen molar-refractivity contribution in [2.75, 3.05) is 33.2 Å². The minimum absolute atomic E-state index is 0.197. The van der Waals surface area contributed by atoms with Gasteiger partial charge in [0.15, 0.2) is 0 Å². The Hall–Kier alpha value is -1.39. The molecule has 1 fully saturated rings. The Balaban J connectivity index is 1.87. The van der Waals surface area contributed by atoms with Crippen LogP contribution in [0.4, 0.5) is 0 Å². The van der Waals surface area contributed by atoms with E-state index in [-0.39, 0.29) is 5.91 Å². The van der Waals surface area contributed by atoms with Crippen LogP contribution in [-0.4, -0.2) is 55.0 Å². The molecule has 0 saturated carbocycles.